The summed E-state index contributed by atoms with van der Waals surface area (Å²) in [5.74, 6) is 0.328. The predicted octanol–water partition coefficient (Wildman–Crippen LogP) is 2.93. The van der Waals surface area contributed by atoms with E-state index in [2.05, 4.69) is 0 Å². The summed E-state index contributed by atoms with van der Waals surface area (Å²) in [6, 6.07) is 7.04. The van der Waals surface area contributed by atoms with Crippen LogP contribution in [0.1, 0.15) is 5.56 Å². The fourth-order valence-corrected chi connectivity index (χ4v) is 3.59. The third kappa shape index (κ3) is 3.89. The molecule has 1 unspecified atom stereocenters. The van der Waals surface area contributed by atoms with Crippen LogP contribution in [-0.2, 0) is 26.4 Å². The molecule has 0 bridgehead atoms. The van der Waals surface area contributed by atoms with Crippen LogP contribution in [0.3, 0.4) is 0 Å². The lowest BCUT2D eigenvalue weighted by atomic mass is 10.2. The quantitative estimate of drug-likeness (QED) is 0.858. The van der Waals surface area contributed by atoms with E-state index in [1.807, 2.05) is 0 Å². The summed E-state index contributed by atoms with van der Waals surface area (Å²) in [7, 11) is -4.58. The van der Waals surface area contributed by atoms with Crippen molar-refractivity contribution < 1.29 is 12.6 Å². The zero-order valence-electron chi connectivity index (χ0n) is 9.82. The molecule has 0 saturated heterocycles. The zero-order chi connectivity index (χ0) is 13.9. The van der Waals surface area contributed by atoms with Crippen molar-refractivity contribution in [3.05, 3.63) is 68.8 Å². The van der Waals surface area contributed by atoms with E-state index in [0.717, 1.165) is 11.0 Å². The molecule has 0 spiro atoms. The van der Waals surface area contributed by atoms with Gasteiger partial charge in [0.1, 0.15) is 0 Å². The minimum atomic E-state index is -3.32. The molecule has 1 aromatic rings. The van der Waals surface area contributed by atoms with Gasteiger partial charge < -0.3 is 0 Å². The number of halogens is 1. The van der Waals surface area contributed by atoms with E-state index in [1.165, 1.54) is 23.6 Å². The van der Waals surface area contributed by atoms with E-state index < -0.39 is 20.6 Å². The Hall–Kier alpha value is -1.17. The highest BCUT2D eigenvalue weighted by Gasteiger charge is 2.14. The fraction of sp³-hybridized carbons (Fsp3) is 0.0769. The molecule has 0 N–H and O–H groups in total. The largest absolute Gasteiger partial charge is 0.255 e. The molecular weight excluding hydrogens is 304 g/mol. The molecule has 0 aromatic heterocycles. The number of sulfone groups is 1. The van der Waals surface area contributed by atoms with Gasteiger partial charge in [0.05, 0.1) is 21.5 Å². The smallest absolute Gasteiger partial charge is 0.199 e. The van der Waals surface area contributed by atoms with Gasteiger partial charge in [0.25, 0.3) is 0 Å². The van der Waals surface area contributed by atoms with Gasteiger partial charge in [-0.15, -0.1) is 0 Å². The van der Waals surface area contributed by atoms with Crippen LogP contribution in [-0.4, -0.2) is 12.6 Å². The number of rotatable bonds is 4. The maximum atomic E-state index is 11.8. The van der Waals surface area contributed by atoms with E-state index in [4.69, 9.17) is 11.6 Å². The Kier molecular flexibility index (Phi) is 4.39. The summed E-state index contributed by atoms with van der Waals surface area (Å²) in [6.45, 7) is 0. The monoisotopic (exact) mass is 314 g/mol. The Bertz CT molecular complexity index is 683. The molecule has 6 heteroatoms. The zero-order valence-corrected chi connectivity index (χ0v) is 12.2. The SMILES string of the molecule is O=S(/C=C/C1=CC=CS1(=O)=O)Cc1ccc(Cl)cc1. The normalized spacial score (nSPS) is 18.7. The summed E-state index contributed by atoms with van der Waals surface area (Å²) < 4.78 is 34.7. The summed E-state index contributed by atoms with van der Waals surface area (Å²) in [5.41, 5.74) is 0.883. The molecule has 0 aliphatic carbocycles. The average Bonchev–Trinajstić information content (AvgIpc) is 2.69. The van der Waals surface area contributed by atoms with E-state index in [0.29, 0.717) is 10.8 Å². The van der Waals surface area contributed by atoms with Gasteiger partial charge in [-0.1, -0.05) is 23.7 Å². The van der Waals surface area contributed by atoms with Crippen LogP contribution in [0.15, 0.2) is 58.2 Å². The summed E-state index contributed by atoms with van der Waals surface area (Å²) in [6.07, 6.45) is 4.31. The number of benzene rings is 1. The summed E-state index contributed by atoms with van der Waals surface area (Å²) in [4.78, 5) is 0.164. The van der Waals surface area contributed by atoms with E-state index in [1.54, 1.807) is 24.3 Å². The Labute approximate surface area is 119 Å². The van der Waals surface area contributed by atoms with Crippen molar-refractivity contribution in [3.8, 4) is 0 Å². The lowest BCUT2D eigenvalue weighted by molar-refractivity contribution is 0.611. The third-order valence-corrected chi connectivity index (χ3v) is 5.21. The highest BCUT2D eigenvalue weighted by molar-refractivity contribution is 7.98. The first-order valence-corrected chi connectivity index (χ1v) is 8.71. The van der Waals surface area contributed by atoms with Gasteiger partial charge in [-0.25, -0.2) is 8.42 Å². The molecule has 100 valence electrons. The Balaban J connectivity index is 2.01. The first-order chi connectivity index (χ1) is 8.97. The molecule has 1 aromatic carbocycles. The van der Waals surface area contributed by atoms with Crippen LogP contribution in [0, 0.1) is 0 Å². The Morgan fingerprint density at radius 2 is 1.89 bits per heavy atom. The molecule has 1 heterocycles. The van der Waals surface area contributed by atoms with Crippen molar-refractivity contribution in [3.63, 3.8) is 0 Å². The van der Waals surface area contributed by atoms with Gasteiger partial charge in [0.2, 0.25) is 0 Å². The molecule has 1 atom stereocenters. The number of hydrogen-bond acceptors (Lipinski definition) is 3. The molecule has 0 radical (unpaired) electrons. The van der Waals surface area contributed by atoms with Crippen LogP contribution in [0.2, 0.25) is 5.02 Å². The molecule has 3 nitrogen and oxygen atoms in total. The van der Waals surface area contributed by atoms with Crippen molar-refractivity contribution in [1.29, 1.82) is 0 Å². The van der Waals surface area contributed by atoms with Crippen LogP contribution in [0.5, 0.6) is 0 Å². The van der Waals surface area contributed by atoms with Crippen molar-refractivity contribution in [2.24, 2.45) is 0 Å². The minimum Gasteiger partial charge on any atom is -0.255 e. The molecule has 1 aliphatic rings. The van der Waals surface area contributed by atoms with Crippen molar-refractivity contribution in [1.82, 2.24) is 0 Å². The highest BCUT2D eigenvalue weighted by Crippen LogP contribution is 2.18. The molecule has 0 saturated carbocycles. The average molecular weight is 315 g/mol. The van der Waals surface area contributed by atoms with Crippen molar-refractivity contribution in [2.45, 2.75) is 5.75 Å². The van der Waals surface area contributed by atoms with Gasteiger partial charge in [0, 0.05) is 15.8 Å². The second kappa shape index (κ2) is 5.86. The number of allylic oxidation sites excluding steroid dienone is 3. The van der Waals surface area contributed by atoms with Crippen molar-refractivity contribution in [2.75, 3.05) is 0 Å². The number of hydrogen-bond donors (Lipinski definition) is 0. The Morgan fingerprint density at radius 3 is 2.47 bits per heavy atom. The predicted molar refractivity (Wildman–Crippen MR) is 78.6 cm³/mol. The molecular formula is C13H11ClO3S2. The van der Waals surface area contributed by atoms with Crippen LogP contribution in [0.4, 0.5) is 0 Å². The van der Waals surface area contributed by atoms with E-state index >= 15 is 0 Å². The lowest BCUT2D eigenvalue weighted by Gasteiger charge is -1.99. The van der Waals surface area contributed by atoms with Crippen LogP contribution < -0.4 is 0 Å². The second-order valence-electron chi connectivity index (χ2n) is 3.90. The maximum absolute atomic E-state index is 11.8. The van der Waals surface area contributed by atoms with E-state index in [9.17, 15) is 12.6 Å². The minimum absolute atomic E-state index is 0.164. The van der Waals surface area contributed by atoms with Gasteiger partial charge in [0.15, 0.2) is 9.84 Å². The Morgan fingerprint density at radius 1 is 1.21 bits per heavy atom. The van der Waals surface area contributed by atoms with Gasteiger partial charge >= 0.3 is 0 Å². The van der Waals surface area contributed by atoms with Crippen molar-refractivity contribution >= 4 is 32.2 Å². The lowest BCUT2D eigenvalue weighted by Crippen LogP contribution is -1.95. The molecule has 2 rings (SSSR count). The second-order valence-corrected chi connectivity index (χ2v) is 7.49. The van der Waals surface area contributed by atoms with Gasteiger partial charge in [-0.3, -0.25) is 4.21 Å². The first kappa shape index (κ1) is 14.2. The maximum Gasteiger partial charge on any atom is 0.199 e. The fourth-order valence-electron chi connectivity index (χ4n) is 1.50. The topological polar surface area (TPSA) is 51.2 Å². The summed E-state index contributed by atoms with van der Waals surface area (Å²) in [5, 5.41) is 3.14. The molecule has 19 heavy (non-hydrogen) atoms. The summed E-state index contributed by atoms with van der Waals surface area (Å²) >= 11 is 5.76. The highest BCUT2D eigenvalue weighted by atomic mass is 35.5. The molecule has 0 amide bonds. The first-order valence-electron chi connectivity index (χ1n) is 5.41. The van der Waals surface area contributed by atoms with E-state index in [-0.39, 0.29) is 4.91 Å². The standard InChI is InChI=1S/C13H11ClO3S2/c14-12-5-3-11(4-6-12)10-18(15)8-7-13-2-1-9-19(13,16)17/h1-9H,10H2/b8-7+. The molecule has 1 aliphatic heterocycles. The van der Waals surface area contributed by atoms with Gasteiger partial charge in [-0.2, -0.15) is 0 Å². The van der Waals surface area contributed by atoms with Crippen LogP contribution >= 0.6 is 11.6 Å². The third-order valence-electron chi connectivity index (χ3n) is 2.45. The molecule has 0 fully saturated rings. The van der Waals surface area contributed by atoms with Gasteiger partial charge in [-0.05, 0) is 35.9 Å². The van der Waals surface area contributed by atoms with Crippen LogP contribution in [0.25, 0.3) is 0 Å².